The van der Waals surface area contributed by atoms with Gasteiger partial charge in [0.2, 0.25) is 6.29 Å². The Kier molecular flexibility index (Phi) is 8.60. The highest BCUT2D eigenvalue weighted by Crippen LogP contribution is 2.54. The molecule has 1 saturated heterocycles. The van der Waals surface area contributed by atoms with Crippen molar-refractivity contribution in [1.29, 1.82) is 0 Å². The molecule has 10 nitrogen and oxygen atoms in total. The lowest BCUT2D eigenvalue weighted by Gasteiger charge is -2.48. The number of fused-ring (bicyclic) bond motifs is 9. The van der Waals surface area contributed by atoms with Crippen molar-refractivity contribution in [3.05, 3.63) is 174 Å². The van der Waals surface area contributed by atoms with E-state index in [2.05, 4.69) is 88.9 Å². The lowest BCUT2D eigenvalue weighted by Crippen LogP contribution is -2.64. The van der Waals surface area contributed by atoms with E-state index in [0.717, 1.165) is 89.4 Å². The van der Waals surface area contributed by atoms with Gasteiger partial charge in [-0.3, -0.25) is 0 Å². The third kappa shape index (κ3) is 5.99. The maximum atomic E-state index is 10.9. The van der Waals surface area contributed by atoms with Crippen LogP contribution in [0.3, 0.4) is 0 Å². The molecule has 1 fully saturated rings. The van der Waals surface area contributed by atoms with Crippen LogP contribution >= 0.6 is 0 Å². The lowest BCUT2D eigenvalue weighted by molar-refractivity contribution is -0.414. The van der Waals surface area contributed by atoms with E-state index in [9.17, 15) is 20.4 Å². The number of benzene rings is 4. The number of aromatic nitrogens is 4. The number of H-pyrrole nitrogens is 2. The van der Waals surface area contributed by atoms with Gasteiger partial charge in [-0.2, -0.15) is 0 Å². The zero-order chi connectivity index (χ0) is 41.2. The van der Waals surface area contributed by atoms with Gasteiger partial charge in [0.15, 0.2) is 5.79 Å². The average molecular weight is 803 g/mol. The monoisotopic (exact) mass is 802 g/mol. The molecule has 3 aliphatic heterocycles. The third-order valence-corrected chi connectivity index (χ3v) is 11.9. The number of nitrogens with zero attached hydrogens (tertiary/aromatic N) is 2. The number of aliphatic hydroxyl groups is 4. The molecule has 0 amide bonds. The summed E-state index contributed by atoms with van der Waals surface area (Å²) in [5.41, 5.74) is 14.4. The van der Waals surface area contributed by atoms with Gasteiger partial charge in [0, 0.05) is 44.3 Å². The molecule has 298 valence electrons. The SMILES string of the molecule is OCC1C(O)=C(O)C2[C@@H](Oc3ccc(-c4c5nc(c(-c6ccccc6)c6ccc([nH]6)c(-c6ccccc6)c6nc(c(-c7ccccc7)c7ccc4[nH]7)C=C6)C=C5)cc3)OC12O. The van der Waals surface area contributed by atoms with Gasteiger partial charge < -0.3 is 39.9 Å². The Morgan fingerprint density at radius 2 is 0.885 bits per heavy atom. The first-order chi connectivity index (χ1) is 29.9. The van der Waals surface area contributed by atoms with Crippen molar-refractivity contribution >= 4 is 46.4 Å². The van der Waals surface area contributed by atoms with Crippen LogP contribution in [0.5, 0.6) is 5.75 Å². The first-order valence-corrected chi connectivity index (χ1v) is 20.1. The van der Waals surface area contributed by atoms with Gasteiger partial charge in [0.05, 0.1) is 35.3 Å². The largest absolute Gasteiger partial charge is 0.508 e. The topological polar surface area (TPSA) is 157 Å². The molecular weight excluding hydrogens is 765 g/mol. The first kappa shape index (κ1) is 36.6. The molecule has 4 aromatic carbocycles. The highest BCUT2D eigenvalue weighted by atomic mass is 16.8. The molecule has 0 spiro atoms. The van der Waals surface area contributed by atoms with Gasteiger partial charge >= 0.3 is 0 Å². The normalized spacial score (nSPS) is 20.1. The van der Waals surface area contributed by atoms with Crippen LogP contribution in [0.25, 0.3) is 90.9 Å². The minimum Gasteiger partial charge on any atom is -0.508 e. The molecule has 0 saturated carbocycles. The van der Waals surface area contributed by atoms with Crippen LogP contribution in [-0.4, -0.2) is 59.0 Å². The molecule has 7 aromatic rings. The number of nitrogens with one attached hydrogen (secondary N) is 2. The molecule has 6 heterocycles. The molecule has 6 N–H and O–H groups in total. The molecule has 3 unspecified atom stereocenters. The highest BCUT2D eigenvalue weighted by Gasteiger charge is 2.69. The first-order valence-electron chi connectivity index (χ1n) is 20.1. The fraction of sp³-hybridized carbons (Fsp3) is 0.0980. The van der Waals surface area contributed by atoms with Crippen LogP contribution in [0.4, 0.5) is 0 Å². The summed E-state index contributed by atoms with van der Waals surface area (Å²) in [7, 11) is 0. The van der Waals surface area contributed by atoms with Crippen LogP contribution in [0.2, 0.25) is 0 Å². The third-order valence-electron chi connectivity index (χ3n) is 11.9. The van der Waals surface area contributed by atoms with Gasteiger partial charge in [0.1, 0.15) is 23.2 Å². The molecule has 0 radical (unpaired) electrons. The highest BCUT2D eigenvalue weighted by molar-refractivity contribution is 5.99. The quantitative estimate of drug-likeness (QED) is 0.0930. The van der Waals surface area contributed by atoms with Crippen LogP contribution < -0.4 is 4.74 Å². The van der Waals surface area contributed by atoms with Crippen LogP contribution in [0.1, 0.15) is 22.8 Å². The van der Waals surface area contributed by atoms with Crippen molar-refractivity contribution in [2.45, 2.75) is 12.1 Å². The number of ether oxygens (including phenoxy) is 2. The Hall–Kier alpha value is -7.50. The van der Waals surface area contributed by atoms with Crippen molar-refractivity contribution in [2.24, 2.45) is 11.8 Å². The number of hydrogen-bond donors (Lipinski definition) is 6. The summed E-state index contributed by atoms with van der Waals surface area (Å²) in [6.45, 7) is -0.597. The molecule has 4 aliphatic rings. The second-order valence-electron chi connectivity index (χ2n) is 15.5. The Labute approximate surface area is 349 Å². The lowest BCUT2D eigenvalue weighted by atomic mass is 9.88. The smallest absolute Gasteiger partial charge is 0.218 e. The number of aliphatic hydroxyl groups excluding tert-OH is 3. The minimum absolute atomic E-state index is 0.416. The molecule has 1 aliphatic carbocycles. The molecule has 11 rings (SSSR count). The van der Waals surface area contributed by atoms with E-state index >= 15 is 0 Å². The molecular formula is C51H38N4O6. The van der Waals surface area contributed by atoms with Crippen LogP contribution in [0, 0.1) is 11.8 Å². The van der Waals surface area contributed by atoms with Crippen molar-refractivity contribution < 1.29 is 29.9 Å². The maximum Gasteiger partial charge on any atom is 0.218 e. The summed E-state index contributed by atoms with van der Waals surface area (Å²) in [4.78, 5) is 18.2. The van der Waals surface area contributed by atoms with E-state index in [0.29, 0.717) is 5.75 Å². The van der Waals surface area contributed by atoms with E-state index in [1.807, 2.05) is 72.8 Å². The standard InChI is InChI=1S/C51H38N4O6/c56-28-34-48(57)49(58)47-50(61-51(34,47)59)60-33-18-16-32(17-19-33)46-41-26-24-39(54-41)44(30-12-6-2-7-13-30)37-22-20-35(52-37)43(29-10-4-1-5-11-29)36-21-23-38(53-36)45(31-14-8-3-9-15-31)40-25-27-42(46)55-40/h1-27,34,47,50,52,55-59H,28H2/t34?,47?,50-,51?/m0/s1. The fourth-order valence-electron chi connectivity index (χ4n) is 8.99. The predicted molar refractivity (Wildman–Crippen MR) is 237 cm³/mol. The number of aromatic amines is 2. The molecule has 61 heavy (non-hydrogen) atoms. The van der Waals surface area contributed by atoms with Gasteiger partial charge in [-0.25, -0.2) is 9.97 Å². The Morgan fingerprint density at radius 3 is 1.26 bits per heavy atom. The van der Waals surface area contributed by atoms with E-state index in [1.165, 1.54) is 0 Å². The van der Waals surface area contributed by atoms with Gasteiger partial charge in [-0.1, -0.05) is 103 Å². The predicted octanol–water partition coefficient (Wildman–Crippen LogP) is 10.3. The van der Waals surface area contributed by atoms with E-state index in [1.54, 1.807) is 12.1 Å². The van der Waals surface area contributed by atoms with Gasteiger partial charge in [-0.05, 0) is 83.0 Å². The molecule has 8 bridgehead atoms. The Balaban J connectivity index is 1.14. The summed E-state index contributed by atoms with van der Waals surface area (Å²) in [6.07, 6.45) is 7.18. The van der Waals surface area contributed by atoms with Crippen molar-refractivity contribution in [3.8, 4) is 50.3 Å². The summed E-state index contributed by atoms with van der Waals surface area (Å²) in [6, 6.07) is 46.6. The molecule has 10 heteroatoms. The van der Waals surface area contributed by atoms with E-state index in [4.69, 9.17) is 19.4 Å². The summed E-state index contributed by atoms with van der Waals surface area (Å²) >= 11 is 0. The minimum atomic E-state index is -1.95. The fourth-order valence-corrected chi connectivity index (χ4v) is 8.99. The van der Waals surface area contributed by atoms with Crippen LogP contribution in [-0.2, 0) is 4.74 Å². The van der Waals surface area contributed by atoms with E-state index < -0.39 is 42.0 Å². The number of rotatable bonds is 7. The van der Waals surface area contributed by atoms with Crippen molar-refractivity contribution in [1.82, 2.24) is 19.9 Å². The van der Waals surface area contributed by atoms with Gasteiger partial charge in [0.25, 0.3) is 0 Å². The Morgan fingerprint density at radius 1 is 0.508 bits per heavy atom. The number of hydrogen-bond acceptors (Lipinski definition) is 8. The molecule has 4 atom stereocenters. The average Bonchev–Trinajstić information content (AvgIpc) is 4.14. The second-order valence-corrected chi connectivity index (χ2v) is 15.5. The van der Waals surface area contributed by atoms with Crippen LogP contribution in [0.15, 0.2) is 151 Å². The molecule has 3 aromatic heterocycles. The second kappa shape index (κ2) is 14.4. The summed E-state index contributed by atoms with van der Waals surface area (Å²) in [5, 5.41) is 41.6. The summed E-state index contributed by atoms with van der Waals surface area (Å²) < 4.78 is 11.7. The maximum absolute atomic E-state index is 10.9. The zero-order valence-electron chi connectivity index (χ0n) is 32.5. The van der Waals surface area contributed by atoms with Crippen molar-refractivity contribution in [2.75, 3.05) is 6.61 Å². The Bertz CT molecular complexity index is 3080. The zero-order valence-corrected chi connectivity index (χ0v) is 32.5. The summed E-state index contributed by atoms with van der Waals surface area (Å²) in [5.74, 6) is -4.69. The van der Waals surface area contributed by atoms with Crippen molar-refractivity contribution in [3.63, 3.8) is 0 Å². The van der Waals surface area contributed by atoms with E-state index in [-0.39, 0.29) is 0 Å². The van der Waals surface area contributed by atoms with Gasteiger partial charge in [-0.15, -0.1) is 0 Å².